The second-order valence-corrected chi connectivity index (χ2v) is 6.65. The van der Waals surface area contributed by atoms with E-state index in [1.807, 2.05) is 19.1 Å². The Morgan fingerprint density at radius 2 is 1.55 bits per heavy atom. The van der Waals surface area contributed by atoms with Gasteiger partial charge in [-0.25, -0.2) is 9.59 Å². The zero-order valence-electron chi connectivity index (χ0n) is 17.4. The normalized spacial score (nSPS) is 12.9. The number of allylic oxidation sites excluding steroid dienone is 2. The van der Waals surface area contributed by atoms with Gasteiger partial charge in [0.1, 0.15) is 5.70 Å². The van der Waals surface area contributed by atoms with Gasteiger partial charge in [0.15, 0.2) is 0 Å². The number of benzene rings is 2. The van der Waals surface area contributed by atoms with Crippen molar-refractivity contribution in [2.45, 2.75) is 6.92 Å². The predicted octanol–water partition coefficient (Wildman–Crippen LogP) is 3.74. The molecule has 1 N–H and O–H groups in total. The molecule has 31 heavy (non-hydrogen) atoms. The van der Waals surface area contributed by atoms with E-state index in [1.54, 1.807) is 54.8 Å². The number of aryl methyl sites for hydroxylation is 1. The first-order valence-corrected chi connectivity index (χ1v) is 9.48. The molecule has 7 heteroatoms. The number of esters is 2. The monoisotopic (exact) mass is 418 g/mol. The summed E-state index contributed by atoms with van der Waals surface area (Å²) in [6, 6.07) is 14.2. The van der Waals surface area contributed by atoms with Crippen LogP contribution in [-0.2, 0) is 19.1 Å². The molecule has 1 amide bonds. The molecule has 0 radical (unpaired) electrons. The zero-order valence-corrected chi connectivity index (χ0v) is 17.4. The molecule has 0 atom stereocenters. The number of carbonyl (C=O) groups is 3. The van der Waals surface area contributed by atoms with Crippen LogP contribution in [-0.4, -0.2) is 32.1 Å². The van der Waals surface area contributed by atoms with Crippen LogP contribution in [0.5, 0.6) is 0 Å². The molecule has 0 aromatic heterocycles. The quantitative estimate of drug-likeness (QED) is 0.745. The molecule has 2 aromatic rings. The minimum Gasteiger partial charge on any atom is -0.465 e. The van der Waals surface area contributed by atoms with Gasteiger partial charge >= 0.3 is 11.9 Å². The second-order valence-electron chi connectivity index (χ2n) is 6.65. The minimum absolute atomic E-state index is 0.00750. The summed E-state index contributed by atoms with van der Waals surface area (Å²) in [4.78, 5) is 39.5. The number of nitrogens with zero attached hydrogens (tertiary/aromatic N) is 1. The highest BCUT2D eigenvalue weighted by atomic mass is 16.5. The molecule has 158 valence electrons. The van der Waals surface area contributed by atoms with Crippen molar-refractivity contribution in [3.63, 3.8) is 0 Å². The summed E-state index contributed by atoms with van der Waals surface area (Å²) >= 11 is 0. The van der Waals surface area contributed by atoms with Gasteiger partial charge in [0.25, 0.3) is 5.91 Å². The molecule has 3 rings (SSSR count). The fourth-order valence-electron chi connectivity index (χ4n) is 3.06. The summed E-state index contributed by atoms with van der Waals surface area (Å²) in [7, 11) is 2.44. The van der Waals surface area contributed by atoms with Gasteiger partial charge in [0.05, 0.1) is 31.0 Å². The molecule has 0 saturated carbocycles. The summed E-state index contributed by atoms with van der Waals surface area (Å²) in [5.74, 6) is -1.81. The van der Waals surface area contributed by atoms with Gasteiger partial charge in [0, 0.05) is 11.9 Å². The van der Waals surface area contributed by atoms with Crippen molar-refractivity contribution in [3.05, 3.63) is 95.4 Å². The van der Waals surface area contributed by atoms with Gasteiger partial charge in [-0.15, -0.1) is 0 Å². The lowest BCUT2D eigenvalue weighted by molar-refractivity contribution is -0.139. The van der Waals surface area contributed by atoms with E-state index in [9.17, 15) is 14.4 Å². The van der Waals surface area contributed by atoms with Crippen LogP contribution in [0.25, 0.3) is 0 Å². The molecule has 7 nitrogen and oxygen atoms in total. The first-order chi connectivity index (χ1) is 15.0. The molecule has 0 spiro atoms. The number of anilines is 2. The highest BCUT2D eigenvalue weighted by Gasteiger charge is 2.29. The number of ether oxygens (including phenoxy) is 2. The van der Waals surface area contributed by atoms with E-state index in [4.69, 9.17) is 9.47 Å². The van der Waals surface area contributed by atoms with Crippen molar-refractivity contribution in [3.8, 4) is 0 Å². The number of carbonyl (C=O) groups excluding carboxylic acids is 3. The number of amides is 1. The first kappa shape index (κ1) is 21.6. The molecule has 0 aliphatic carbocycles. The Morgan fingerprint density at radius 3 is 2.23 bits per heavy atom. The predicted molar refractivity (Wildman–Crippen MR) is 117 cm³/mol. The van der Waals surface area contributed by atoms with Crippen LogP contribution in [0.2, 0.25) is 0 Å². The smallest absolute Gasteiger partial charge is 0.355 e. The Labute approximate surface area is 180 Å². The number of rotatable bonds is 5. The van der Waals surface area contributed by atoms with Gasteiger partial charge < -0.3 is 19.7 Å². The van der Waals surface area contributed by atoms with Crippen molar-refractivity contribution in [2.24, 2.45) is 0 Å². The number of hydrogen-bond donors (Lipinski definition) is 1. The van der Waals surface area contributed by atoms with E-state index < -0.39 is 11.9 Å². The van der Waals surface area contributed by atoms with Crippen molar-refractivity contribution >= 4 is 29.2 Å². The second kappa shape index (κ2) is 9.58. The van der Waals surface area contributed by atoms with Gasteiger partial charge in [-0.1, -0.05) is 35.9 Å². The Hall–Kier alpha value is -4.13. The Bertz CT molecular complexity index is 1100. The van der Waals surface area contributed by atoms with Crippen molar-refractivity contribution in [1.29, 1.82) is 0 Å². The molecule has 0 saturated heterocycles. The average Bonchev–Trinajstić information content (AvgIpc) is 3.02. The van der Waals surface area contributed by atoms with Crippen LogP contribution in [0.1, 0.15) is 15.9 Å². The van der Waals surface area contributed by atoms with Crippen LogP contribution >= 0.6 is 0 Å². The topological polar surface area (TPSA) is 84.9 Å². The fraction of sp³-hybridized carbons (Fsp3) is 0.125. The van der Waals surface area contributed by atoms with Crippen molar-refractivity contribution in [1.82, 2.24) is 0 Å². The highest BCUT2D eigenvalue weighted by molar-refractivity contribution is 6.11. The van der Waals surface area contributed by atoms with Gasteiger partial charge in [-0.2, -0.15) is 0 Å². The fourth-order valence-corrected chi connectivity index (χ4v) is 3.06. The van der Waals surface area contributed by atoms with Gasteiger partial charge in [-0.3, -0.25) is 4.79 Å². The van der Waals surface area contributed by atoms with E-state index in [1.165, 1.54) is 25.2 Å². The van der Waals surface area contributed by atoms with E-state index in [0.717, 1.165) is 5.56 Å². The summed E-state index contributed by atoms with van der Waals surface area (Å²) < 4.78 is 9.75. The standard InChI is InChI=1S/C24H22N2O5/c1-16-11-13-17(14-12-16)25-22(27)18-8-4-5-10-20(18)26-15-7-6-9-19(23(28)30-2)21(26)24(29)31-3/h4-15H,1-3H3,(H,25,27). The van der Waals surface area contributed by atoms with Gasteiger partial charge in [-0.05, 0) is 43.3 Å². The SMILES string of the molecule is COC(=O)C1=C(C(=O)OC)N(c2ccccc2C(=O)Nc2ccc(C)cc2)C=CC=C1. The Morgan fingerprint density at radius 1 is 0.871 bits per heavy atom. The maximum atomic E-state index is 13.1. The molecular formula is C24H22N2O5. The molecule has 1 heterocycles. The summed E-state index contributed by atoms with van der Waals surface area (Å²) in [6.45, 7) is 1.96. The summed E-state index contributed by atoms with van der Waals surface area (Å²) in [5, 5.41) is 2.85. The average molecular weight is 418 g/mol. The van der Waals surface area contributed by atoms with Crippen LogP contribution < -0.4 is 10.2 Å². The molecule has 0 fully saturated rings. The largest absolute Gasteiger partial charge is 0.465 e. The van der Waals surface area contributed by atoms with Crippen molar-refractivity contribution in [2.75, 3.05) is 24.4 Å². The lowest BCUT2D eigenvalue weighted by atomic mass is 10.1. The molecule has 2 aromatic carbocycles. The lowest BCUT2D eigenvalue weighted by Crippen LogP contribution is -2.28. The number of nitrogens with one attached hydrogen (secondary N) is 1. The maximum absolute atomic E-state index is 13.1. The third-order valence-corrected chi connectivity index (χ3v) is 4.61. The van der Waals surface area contributed by atoms with Crippen molar-refractivity contribution < 1.29 is 23.9 Å². The molecule has 0 bridgehead atoms. The summed E-state index contributed by atoms with van der Waals surface area (Å²) in [5.41, 5.74) is 2.36. The number of hydrogen-bond acceptors (Lipinski definition) is 6. The lowest BCUT2D eigenvalue weighted by Gasteiger charge is -2.25. The maximum Gasteiger partial charge on any atom is 0.355 e. The number of methoxy groups -OCH3 is 2. The van der Waals surface area contributed by atoms with E-state index in [2.05, 4.69) is 5.32 Å². The summed E-state index contributed by atoms with van der Waals surface area (Å²) in [6.07, 6.45) is 6.29. The third kappa shape index (κ3) is 4.72. The van der Waals surface area contributed by atoms with Gasteiger partial charge in [0.2, 0.25) is 0 Å². The Balaban J connectivity index is 2.08. The zero-order chi connectivity index (χ0) is 22.4. The van der Waals surface area contributed by atoms with Crippen LogP contribution in [0.4, 0.5) is 11.4 Å². The first-order valence-electron chi connectivity index (χ1n) is 9.48. The minimum atomic E-state index is -0.745. The van der Waals surface area contributed by atoms with E-state index in [0.29, 0.717) is 16.9 Å². The molecule has 1 aliphatic heterocycles. The molecule has 1 aliphatic rings. The number of para-hydroxylation sites is 1. The van der Waals surface area contributed by atoms with Crippen LogP contribution in [0.15, 0.2) is 84.2 Å². The van der Waals surface area contributed by atoms with Crippen LogP contribution in [0.3, 0.4) is 0 Å². The Kier molecular flexibility index (Phi) is 6.67. The van der Waals surface area contributed by atoms with Crippen LogP contribution in [0, 0.1) is 6.92 Å². The highest BCUT2D eigenvalue weighted by Crippen LogP contribution is 2.30. The molecular weight excluding hydrogens is 396 g/mol. The van der Waals surface area contributed by atoms with E-state index in [-0.39, 0.29) is 17.2 Å². The van der Waals surface area contributed by atoms with E-state index >= 15 is 0 Å². The third-order valence-electron chi connectivity index (χ3n) is 4.61. The molecule has 0 unspecified atom stereocenters.